The molecule has 3 N–H and O–H groups in total. The average molecular weight is 255 g/mol. The number of piperidine rings is 1. The fourth-order valence-electron chi connectivity index (χ4n) is 2.90. The molecule has 1 fully saturated rings. The van der Waals surface area contributed by atoms with Crippen LogP contribution in [0.3, 0.4) is 0 Å². The van der Waals surface area contributed by atoms with Gasteiger partial charge in [-0.15, -0.1) is 0 Å². The zero-order valence-corrected chi connectivity index (χ0v) is 12.8. The van der Waals surface area contributed by atoms with E-state index in [1.165, 1.54) is 45.2 Å². The highest BCUT2D eigenvalue weighted by molar-refractivity contribution is 4.96. The summed E-state index contributed by atoms with van der Waals surface area (Å²) in [6, 6.07) is 0.686. The van der Waals surface area contributed by atoms with Gasteiger partial charge in [-0.2, -0.15) is 0 Å². The first-order valence-electron chi connectivity index (χ1n) is 7.65. The fraction of sp³-hybridized carbons (Fsp3) is 1.00. The monoisotopic (exact) mass is 255 g/mol. The third-order valence-electron chi connectivity index (χ3n) is 5.01. The molecule has 2 atom stereocenters. The van der Waals surface area contributed by atoms with E-state index in [1.807, 2.05) is 0 Å². The van der Waals surface area contributed by atoms with Crippen LogP contribution in [0, 0.1) is 5.92 Å². The molecule has 0 radical (unpaired) electrons. The Labute approximate surface area is 113 Å². The lowest BCUT2D eigenvalue weighted by Crippen LogP contribution is -2.59. The summed E-state index contributed by atoms with van der Waals surface area (Å²) in [4.78, 5) is 2.50. The summed E-state index contributed by atoms with van der Waals surface area (Å²) in [6.07, 6.45) is 6.35. The summed E-state index contributed by atoms with van der Waals surface area (Å²) in [5.41, 5.74) is 5.82. The molecule has 108 valence electrons. The molecule has 0 saturated carbocycles. The average Bonchev–Trinajstić information content (AvgIpc) is 2.34. The molecule has 1 aliphatic heterocycles. The minimum atomic E-state index is 0.315. The summed E-state index contributed by atoms with van der Waals surface area (Å²) >= 11 is 0. The Hall–Kier alpha value is -0.120. The van der Waals surface area contributed by atoms with Crippen molar-refractivity contribution in [3.05, 3.63) is 0 Å². The maximum absolute atomic E-state index is 5.50. The number of unbranched alkanes of at least 4 members (excludes halogenated alkanes) is 3. The first kappa shape index (κ1) is 15.9. The molecule has 18 heavy (non-hydrogen) atoms. The van der Waals surface area contributed by atoms with E-state index < -0.39 is 0 Å². The van der Waals surface area contributed by atoms with Crippen LogP contribution in [0.5, 0.6) is 0 Å². The topological polar surface area (TPSA) is 41.3 Å². The van der Waals surface area contributed by atoms with Gasteiger partial charge in [-0.25, -0.2) is 0 Å². The molecule has 0 amide bonds. The van der Waals surface area contributed by atoms with Crippen LogP contribution >= 0.6 is 0 Å². The van der Waals surface area contributed by atoms with Gasteiger partial charge in [-0.3, -0.25) is 0 Å². The zero-order valence-electron chi connectivity index (χ0n) is 12.8. The first-order valence-corrected chi connectivity index (χ1v) is 7.65. The van der Waals surface area contributed by atoms with E-state index in [0.717, 1.165) is 6.54 Å². The van der Waals surface area contributed by atoms with Gasteiger partial charge in [0.05, 0.1) is 0 Å². The van der Waals surface area contributed by atoms with E-state index >= 15 is 0 Å². The second-order valence-corrected chi connectivity index (χ2v) is 6.42. The Morgan fingerprint density at radius 3 is 2.56 bits per heavy atom. The molecule has 0 aromatic heterocycles. The highest BCUT2D eigenvalue weighted by Gasteiger charge is 2.38. The van der Waals surface area contributed by atoms with Crippen LogP contribution in [0.1, 0.15) is 52.9 Å². The van der Waals surface area contributed by atoms with E-state index in [4.69, 9.17) is 5.73 Å². The zero-order chi connectivity index (χ0) is 13.6. The maximum Gasteiger partial charge on any atom is 0.0190 e. The number of nitrogens with zero attached hydrogens (tertiary/aromatic N) is 1. The molecule has 0 bridgehead atoms. The maximum atomic E-state index is 5.50. The molecule has 3 heteroatoms. The minimum Gasteiger partial charge on any atom is -0.330 e. The van der Waals surface area contributed by atoms with Gasteiger partial charge in [0.25, 0.3) is 0 Å². The van der Waals surface area contributed by atoms with Crippen LogP contribution in [-0.4, -0.2) is 43.2 Å². The van der Waals surface area contributed by atoms with E-state index in [9.17, 15) is 0 Å². The molecular formula is C15H33N3. The van der Waals surface area contributed by atoms with Gasteiger partial charge in [-0.1, -0.05) is 19.8 Å². The number of nitrogens with one attached hydrogen (secondary N) is 1. The van der Waals surface area contributed by atoms with Crippen molar-refractivity contribution in [2.75, 3.05) is 26.7 Å². The summed E-state index contributed by atoms with van der Waals surface area (Å²) in [7, 11) is 2.25. The number of nitrogens with two attached hydrogens (primary N) is 1. The molecule has 1 heterocycles. The van der Waals surface area contributed by atoms with Crippen molar-refractivity contribution < 1.29 is 0 Å². The number of hydrogen-bond donors (Lipinski definition) is 2. The van der Waals surface area contributed by atoms with Crippen molar-refractivity contribution in [1.82, 2.24) is 10.2 Å². The van der Waals surface area contributed by atoms with Crippen molar-refractivity contribution in [2.24, 2.45) is 11.7 Å². The molecule has 1 aliphatic rings. The summed E-state index contributed by atoms with van der Waals surface area (Å²) < 4.78 is 0. The van der Waals surface area contributed by atoms with Gasteiger partial charge in [0.2, 0.25) is 0 Å². The van der Waals surface area contributed by atoms with Gasteiger partial charge in [-0.05, 0) is 65.7 Å². The fourth-order valence-corrected chi connectivity index (χ4v) is 2.90. The molecule has 2 unspecified atom stereocenters. The molecule has 1 rings (SSSR count). The lowest BCUT2D eigenvalue weighted by Gasteiger charge is -2.49. The SMILES string of the molecule is CC1C(NCCCCCCN)CCN(C)C1(C)C. The van der Waals surface area contributed by atoms with Gasteiger partial charge in [0.1, 0.15) is 0 Å². The normalized spacial score (nSPS) is 28.5. The van der Waals surface area contributed by atoms with Crippen molar-refractivity contribution in [2.45, 2.75) is 64.5 Å². The van der Waals surface area contributed by atoms with E-state index in [0.29, 0.717) is 17.5 Å². The van der Waals surface area contributed by atoms with Crippen molar-refractivity contribution in [3.63, 3.8) is 0 Å². The number of likely N-dealkylation sites (tertiary alicyclic amines) is 1. The summed E-state index contributed by atoms with van der Waals surface area (Å²) in [5.74, 6) is 0.709. The van der Waals surface area contributed by atoms with Gasteiger partial charge >= 0.3 is 0 Å². The Morgan fingerprint density at radius 1 is 1.22 bits per heavy atom. The van der Waals surface area contributed by atoms with E-state index in [-0.39, 0.29) is 0 Å². The van der Waals surface area contributed by atoms with Crippen LogP contribution < -0.4 is 11.1 Å². The number of hydrogen-bond acceptors (Lipinski definition) is 3. The third-order valence-corrected chi connectivity index (χ3v) is 5.01. The Kier molecular flexibility index (Phi) is 6.61. The first-order chi connectivity index (χ1) is 8.50. The molecule has 3 nitrogen and oxygen atoms in total. The van der Waals surface area contributed by atoms with E-state index in [1.54, 1.807) is 0 Å². The third kappa shape index (κ3) is 4.22. The lowest BCUT2D eigenvalue weighted by atomic mass is 9.77. The van der Waals surface area contributed by atoms with E-state index in [2.05, 4.69) is 38.0 Å². The highest BCUT2D eigenvalue weighted by Crippen LogP contribution is 2.31. The van der Waals surface area contributed by atoms with Crippen LogP contribution in [0.25, 0.3) is 0 Å². The van der Waals surface area contributed by atoms with Crippen molar-refractivity contribution in [3.8, 4) is 0 Å². The molecule has 0 aromatic rings. The highest BCUT2D eigenvalue weighted by atomic mass is 15.2. The Morgan fingerprint density at radius 2 is 1.89 bits per heavy atom. The quantitative estimate of drug-likeness (QED) is 0.685. The molecular weight excluding hydrogens is 222 g/mol. The largest absolute Gasteiger partial charge is 0.330 e. The molecule has 0 aromatic carbocycles. The summed E-state index contributed by atoms with van der Waals surface area (Å²) in [6.45, 7) is 10.3. The smallest absolute Gasteiger partial charge is 0.0190 e. The lowest BCUT2D eigenvalue weighted by molar-refractivity contribution is 0.0297. The predicted octanol–water partition coefficient (Wildman–Crippen LogP) is 2.21. The van der Waals surface area contributed by atoms with Crippen molar-refractivity contribution in [1.29, 1.82) is 0 Å². The van der Waals surface area contributed by atoms with Crippen LogP contribution in [0.15, 0.2) is 0 Å². The van der Waals surface area contributed by atoms with Crippen LogP contribution in [0.2, 0.25) is 0 Å². The summed E-state index contributed by atoms with van der Waals surface area (Å²) in [5, 5.41) is 3.77. The predicted molar refractivity (Wildman–Crippen MR) is 79.8 cm³/mol. The van der Waals surface area contributed by atoms with Crippen molar-refractivity contribution >= 4 is 0 Å². The van der Waals surface area contributed by atoms with Gasteiger partial charge < -0.3 is 16.0 Å². The van der Waals surface area contributed by atoms with Crippen LogP contribution in [-0.2, 0) is 0 Å². The van der Waals surface area contributed by atoms with Crippen LogP contribution in [0.4, 0.5) is 0 Å². The Bertz CT molecular complexity index is 228. The van der Waals surface area contributed by atoms with Gasteiger partial charge in [0.15, 0.2) is 0 Å². The molecule has 1 saturated heterocycles. The molecule has 0 aliphatic carbocycles. The minimum absolute atomic E-state index is 0.315. The second-order valence-electron chi connectivity index (χ2n) is 6.42. The van der Waals surface area contributed by atoms with Gasteiger partial charge in [0, 0.05) is 11.6 Å². The standard InChI is InChI=1S/C15H33N3/c1-13-14(9-12-18(4)15(13,2)3)17-11-8-6-5-7-10-16/h13-14,17H,5-12,16H2,1-4H3. The molecule has 0 spiro atoms. The second kappa shape index (κ2) is 7.46. The Balaban J connectivity index is 2.22. The number of rotatable bonds is 7.